The summed E-state index contributed by atoms with van der Waals surface area (Å²) in [5.74, 6) is 2.21. The number of nitrogens with zero attached hydrogens (tertiary/aromatic N) is 2. The molecule has 0 aliphatic heterocycles. The van der Waals surface area contributed by atoms with Crippen molar-refractivity contribution in [2.45, 2.75) is 58.9 Å². The van der Waals surface area contributed by atoms with Crippen LogP contribution in [0.3, 0.4) is 0 Å². The molecular weight excluding hydrogens is 284 g/mol. The number of rotatable bonds is 6. The van der Waals surface area contributed by atoms with E-state index in [0.717, 1.165) is 23.9 Å². The largest absolute Gasteiger partial charge is 0.352 e. The van der Waals surface area contributed by atoms with E-state index in [-0.39, 0.29) is 0 Å². The quantitative estimate of drug-likeness (QED) is 0.805. The lowest BCUT2D eigenvalue weighted by Crippen LogP contribution is -2.14. The first-order valence-electron chi connectivity index (χ1n) is 8.58. The van der Waals surface area contributed by atoms with Crippen molar-refractivity contribution in [3.8, 4) is 0 Å². The van der Waals surface area contributed by atoms with Crippen molar-refractivity contribution < 1.29 is 0 Å². The van der Waals surface area contributed by atoms with Crippen LogP contribution < -0.4 is 10.6 Å². The molecule has 4 nitrogen and oxygen atoms in total. The van der Waals surface area contributed by atoms with Crippen molar-refractivity contribution in [1.82, 2.24) is 9.97 Å². The molecule has 2 N–H and O–H groups in total. The Bertz CT molecular complexity index is 690. The molecule has 0 radical (unpaired) electrons. The van der Waals surface area contributed by atoms with E-state index >= 15 is 0 Å². The molecular formula is C19H26N4. The highest BCUT2D eigenvalue weighted by atomic mass is 15.2. The van der Waals surface area contributed by atoms with Gasteiger partial charge in [-0.05, 0) is 51.2 Å². The molecule has 2 aromatic rings. The predicted molar refractivity (Wildman–Crippen MR) is 96.6 cm³/mol. The van der Waals surface area contributed by atoms with E-state index in [2.05, 4.69) is 72.6 Å². The van der Waals surface area contributed by atoms with E-state index in [1.807, 2.05) is 0 Å². The Kier molecular flexibility index (Phi) is 4.51. The molecule has 1 fully saturated rings. The molecule has 1 aliphatic rings. The third kappa shape index (κ3) is 3.81. The molecule has 1 aromatic carbocycles. The lowest BCUT2D eigenvalue weighted by molar-refractivity contribution is 0.864. The zero-order valence-electron chi connectivity index (χ0n) is 14.5. The normalized spacial score (nSPS) is 14.1. The molecule has 3 rings (SSSR count). The molecule has 1 aliphatic carbocycles. The minimum Gasteiger partial charge on any atom is -0.352 e. The number of benzene rings is 1. The predicted octanol–water partition coefficient (Wildman–Crippen LogP) is 4.79. The highest BCUT2D eigenvalue weighted by molar-refractivity contribution is 5.65. The second kappa shape index (κ2) is 6.57. The van der Waals surface area contributed by atoms with Crippen molar-refractivity contribution in [1.29, 1.82) is 0 Å². The number of anilines is 3. The van der Waals surface area contributed by atoms with Crippen molar-refractivity contribution in [3.05, 3.63) is 41.1 Å². The monoisotopic (exact) mass is 310 g/mol. The standard InChI is InChI=1S/C19H26N4/c1-5-14-8-6-7-13(4)18(14)22-17-11-16(15-9-10-15)21-19(23-17)20-12(2)3/h6-8,11-12,15H,5,9-10H2,1-4H3,(H2,20,21,22,23). The van der Waals surface area contributed by atoms with E-state index in [4.69, 9.17) is 0 Å². The molecule has 0 atom stereocenters. The van der Waals surface area contributed by atoms with Crippen LogP contribution in [0, 0.1) is 6.92 Å². The summed E-state index contributed by atoms with van der Waals surface area (Å²) >= 11 is 0. The van der Waals surface area contributed by atoms with E-state index in [0.29, 0.717) is 12.0 Å². The molecule has 0 amide bonds. The van der Waals surface area contributed by atoms with Crippen molar-refractivity contribution in [3.63, 3.8) is 0 Å². The molecule has 1 aromatic heterocycles. The summed E-state index contributed by atoms with van der Waals surface area (Å²) in [6.07, 6.45) is 3.48. The molecule has 0 spiro atoms. The van der Waals surface area contributed by atoms with Crippen LogP contribution in [0.4, 0.5) is 17.5 Å². The zero-order chi connectivity index (χ0) is 16.4. The summed E-state index contributed by atoms with van der Waals surface area (Å²) in [7, 11) is 0. The van der Waals surface area contributed by atoms with Crippen LogP contribution >= 0.6 is 0 Å². The summed E-state index contributed by atoms with van der Waals surface area (Å²) in [6.45, 7) is 8.53. The number of aromatic nitrogens is 2. The van der Waals surface area contributed by atoms with Gasteiger partial charge in [0.05, 0.1) is 5.69 Å². The van der Waals surface area contributed by atoms with Gasteiger partial charge in [-0.2, -0.15) is 4.98 Å². The Hall–Kier alpha value is -2.10. The average molecular weight is 310 g/mol. The van der Waals surface area contributed by atoms with Gasteiger partial charge in [0.1, 0.15) is 5.82 Å². The van der Waals surface area contributed by atoms with Gasteiger partial charge in [0, 0.05) is 23.7 Å². The molecule has 4 heteroatoms. The topological polar surface area (TPSA) is 49.8 Å². The van der Waals surface area contributed by atoms with Crippen LogP contribution in [-0.2, 0) is 6.42 Å². The van der Waals surface area contributed by atoms with Crippen LogP contribution in [0.25, 0.3) is 0 Å². The maximum atomic E-state index is 4.68. The average Bonchev–Trinajstić information content (AvgIpc) is 3.33. The first-order chi connectivity index (χ1) is 11.1. The molecule has 23 heavy (non-hydrogen) atoms. The first-order valence-corrected chi connectivity index (χ1v) is 8.58. The summed E-state index contributed by atoms with van der Waals surface area (Å²) in [5.41, 5.74) is 4.88. The number of hydrogen-bond donors (Lipinski definition) is 2. The third-order valence-electron chi connectivity index (χ3n) is 4.15. The van der Waals surface area contributed by atoms with Gasteiger partial charge in [0.25, 0.3) is 0 Å². The Balaban J connectivity index is 1.94. The number of nitrogens with one attached hydrogen (secondary N) is 2. The van der Waals surface area contributed by atoms with Crippen LogP contribution in [0.1, 0.15) is 56.4 Å². The Morgan fingerprint density at radius 1 is 1.22 bits per heavy atom. The lowest BCUT2D eigenvalue weighted by atomic mass is 10.1. The highest BCUT2D eigenvalue weighted by Crippen LogP contribution is 2.40. The van der Waals surface area contributed by atoms with Crippen molar-refractivity contribution in [2.75, 3.05) is 10.6 Å². The summed E-state index contributed by atoms with van der Waals surface area (Å²) in [6, 6.07) is 8.85. The second-order valence-corrected chi connectivity index (χ2v) is 6.66. The Morgan fingerprint density at radius 3 is 2.65 bits per heavy atom. The Morgan fingerprint density at radius 2 is 2.00 bits per heavy atom. The van der Waals surface area contributed by atoms with Gasteiger partial charge < -0.3 is 10.6 Å². The minimum atomic E-state index is 0.321. The SMILES string of the molecule is CCc1cccc(C)c1Nc1cc(C2CC2)nc(NC(C)C)n1. The van der Waals surface area contributed by atoms with Gasteiger partial charge >= 0.3 is 0 Å². The van der Waals surface area contributed by atoms with E-state index < -0.39 is 0 Å². The highest BCUT2D eigenvalue weighted by Gasteiger charge is 2.26. The molecule has 0 saturated heterocycles. The zero-order valence-corrected chi connectivity index (χ0v) is 14.5. The fourth-order valence-electron chi connectivity index (χ4n) is 2.77. The van der Waals surface area contributed by atoms with Crippen molar-refractivity contribution in [2.24, 2.45) is 0 Å². The fraction of sp³-hybridized carbons (Fsp3) is 0.474. The van der Waals surface area contributed by atoms with Gasteiger partial charge in [-0.1, -0.05) is 25.1 Å². The second-order valence-electron chi connectivity index (χ2n) is 6.66. The third-order valence-corrected chi connectivity index (χ3v) is 4.15. The maximum absolute atomic E-state index is 4.68. The summed E-state index contributed by atoms with van der Waals surface area (Å²) < 4.78 is 0. The van der Waals surface area contributed by atoms with Crippen LogP contribution in [-0.4, -0.2) is 16.0 Å². The van der Waals surface area contributed by atoms with Gasteiger partial charge in [-0.25, -0.2) is 4.98 Å². The van der Waals surface area contributed by atoms with Gasteiger partial charge in [0.2, 0.25) is 5.95 Å². The molecule has 0 bridgehead atoms. The summed E-state index contributed by atoms with van der Waals surface area (Å²) in [5, 5.41) is 6.87. The van der Waals surface area contributed by atoms with E-state index in [9.17, 15) is 0 Å². The number of para-hydroxylation sites is 1. The van der Waals surface area contributed by atoms with E-state index in [1.54, 1.807) is 0 Å². The van der Waals surface area contributed by atoms with Gasteiger partial charge in [-0.3, -0.25) is 0 Å². The van der Waals surface area contributed by atoms with Gasteiger partial charge in [-0.15, -0.1) is 0 Å². The van der Waals surface area contributed by atoms with Crippen LogP contribution in [0.5, 0.6) is 0 Å². The first kappa shape index (κ1) is 15.8. The summed E-state index contributed by atoms with van der Waals surface area (Å²) in [4.78, 5) is 9.34. The Labute approximate surface area is 138 Å². The molecule has 0 unspecified atom stereocenters. The van der Waals surface area contributed by atoms with Gasteiger partial charge in [0.15, 0.2) is 0 Å². The lowest BCUT2D eigenvalue weighted by Gasteiger charge is -2.16. The maximum Gasteiger partial charge on any atom is 0.225 e. The van der Waals surface area contributed by atoms with Crippen molar-refractivity contribution >= 4 is 17.5 Å². The molecule has 122 valence electrons. The molecule has 1 saturated carbocycles. The minimum absolute atomic E-state index is 0.321. The fourth-order valence-corrected chi connectivity index (χ4v) is 2.77. The van der Waals surface area contributed by atoms with Crippen LogP contribution in [0.2, 0.25) is 0 Å². The van der Waals surface area contributed by atoms with E-state index in [1.165, 1.54) is 29.7 Å². The number of aryl methyl sites for hydroxylation is 2. The van der Waals surface area contributed by atoms with Crippen LogP contribution in [0.15, 0.2) is 24.3 Å². The number of hydrogen-bond acceptors (Lipinski definition) is 4. The molecule has 1 heterocycles. The smallest absolute Gasteiger partial charge is 0.225 e.